The third-order valence-corrected chi connectivity index (χ3v) is 4.85. The van der Waals surface area contributed by atoms with Crippen molar-refractivity contribution >= 4 is 29.9 Å². The van der Waals surface area contributed by atoms with Crippen molar-refractivity contribution in [1.29, 1.82) is 0 Å². The molecule has 2 rings (SSSR count). The average Bonchev–Trinajstić information content (AvgIpc) is 3.06. The quantitative estimate of drug-likeness (QED) is 0.346. The second-order valence-corrected chi connectivity index (χ2v) is 6.84. The van der Waals surface area contributed by atoms with E-state index < -0.39 is 6.10 Å². The van der Waals surface area contributed by atoms with Gasteiger partial charge in [0.1, 0.15) is 0 Å². The van der Waals surface area contributed by atoms with Gasteiger partial charge in [-0.3, -0.25) is 9.89 Å². The van der Waals surface area contributed by atoms with Gasteiger partial charge in [0.05, 0.1) is 12.6 Å². The summed E-state index contributed by atoms with van der Waals surface area (Å²) >= 11 is 0. The third-order valence-electron chi connectivity index (χ3n) is 4.85. The molecule has 0 amide bonds. The number of nitrogens with one attached hydrogen (secondary N) is 1. The summed E-state index contributed by atoms with van der Waals surface area (Å²) in [5.41, 5.74) is 1.15. The van der Waals surface area contributed by atoms with Gasteiger partial charge in [0.25, 0.3) is 0 Å². The number of nitrogens with zero attached hydrogens (tertiary/aromatic N) is 3. The zero-order valence-electron chi connectivity index (χ0n) is 16.4. The van der Waals surface area contributed by atoms with E-state index in [4.69, 9.17) is 0 Å². The number of aliphatic hydroxyl groups excluding tert-OH is 1. The van der Waals surface area contributed by atoms with Gasteiger partial charge in [-0.15, -0.1) is 24.0 Å². The fourth-order valence-electron chi connectivity index (χ4n) is 3.53. The van der Waals surface area contributed by atoms with Crippen LogP contribution in [0.5, 0.6) is 0 Å². The number of aliphatic hydroxyl groups is 1. The van der Waals surface area contributed by atoms with Crippen molar-refractivity contribution in [3.05, 3.63) is 35.9 Å². The molecule has 1 heterocycles. The van der Waals surface area contributed by atoms with Crippen molar-refractivity contribution in [1.82, 2.24) is 15.1 Å². The van der Waals surface area contributed by atoms with Gasteiger partial charge < -0.3 is 15.3 Å². The average molecular weight is 474 g/mol. The van der Waals surface area contributed by atoms with Crippen LogP contribution in [0.15, 0.2) is 35.3 Å². The van der Waals surface area contributed by atoms with Gasteiger partial charge in [-0.2, -0.15) is 0 Å². The predicted octanol–water partition coefficient (Wildman–Crippen LogP) is 2.59. The molecule has 2 N–H and O–H groups in total. The lowest BCUT2D eigenvalue weighted by atomic mass is 10.1. The highest BCUT2D eigenvalue weighted by atomic mass is 127. The predicted molar refractivity (Wildman–Crippen MR) is 120 cm³/mol. The van der Waals surface area contributed by atoms with Gasteiger partial charge in [0.15, 0.2) is 5.96 Å². The summed E-state index contributed by atoms with van der Waals surface area (Å²) in [7, 11) is 2.09. The van der Waals surface area contributed by atoms with Gasteiger partial charge in [-0.05, 0) is 38.4 Å². The number of aliphatic imine (C=N–C) groups is 1. The summed E-state index contributed by atoms with van der Waals surface area (Å²) in [5, 5.41) is 13.7. The topological polar surface area (TPSA) is 51.1 Å². The summed E-state index contributed by atoms with van der Waals surface area (Å²) < 4.78 is 0. The molecule has 1 fully saturated rings. The minimum atomic E-state index is -0.455. The van der Waals surface area contributed by atoms with Gasteiger partial charge in [-0.1, -0.05) is 37.3 Å². The van der Waals surface area contributed by atoms with Gasteiger partial charge in [0.2, 0.25) is 0 Å². The number of likely N-dealkylation sites (N-methyl/N-ethyl adjacent to an activating group) is 2. The summed E-state index contributed by atoms with van der Waals surface area (Å²) in [6.07, 6.45) is 2.73. The van der Waals surface area contributed by atoms with Crippen LogP contribution in [0.3, 0.4) is 0 Å². The molecular weight excluding hydrogens is 439 g/mol. The maximum atomic E-state index is 10.3. The molecular formula is C20H35IN4O. The molecule has 0 spiro atoms. The van der Waals surface area contributed by atoms with E-state index in [2.05, 4.69) is 41.0 Å². The van der Waals surface area contributed by atoms with Crippen LogP contribution >= 0.6 is 24.0 Å². The summed E-state index contributed by atoms with van der Waals surface area (Å²) in [6, 6.07) is 10.7. The van der Waals surface area contributed by atoms with E-state index in [0.717, 1.165) is 31.2 Å². The van der Waals surface area contributed by atoms with Crippen LogP contribution in [0.25, 0.3) is 0 Å². The Morgan fingerprint density at radius 3 is 2.73 bits per heavy atom. The lowest BCUT2D eigenvalue weighted by molar-refractivity contribution is 0.183. The van der Waals surface area contributed by atoms with Crippen molar-refractivity contribution in [2.24, 2.45) is 4.99 Å². The minimum absolute atomic E-state index is 0. The number of benzene rings is 1. The lowest BCUT2D eigenvalue weighted by Gasteiger charge is -2.30. The molecule has 1 aromatic carbocycles. The molecule has 1 aromatic rings. The smallest absolute Gasteiger partial charge is 0.193 e. The molecule has 1 aliphatic rings. The van der Waals surface area contributed by atoms with E-state index in [1.807, 2.05) is 30.3 Å². The molecule has 148 valence electrons. The summed E-state index contributed by atoms with van der Waals surface area (Å²) in [6.45, 7) is 8.87. The molecule has 2 unspecified atom stereocenters. The van der Waals surface area contributed by atoms with E-state index >= 15 is 0 Å². The molecule has 1 aliphatic heterocycles. The monoisotopic (exact) mass is 474 g/mol. The van der Waals surface area contributed by atoms with Crippen molar-refractivity contribution < 1.29 is 5.11 Å². The van der Waals surface area contributed by atoms with Crippen LogP contribution in [-0.2, 0) is 6.42 Å². The first kappa shape index (κ1) is 23.2. The van der Waals surface area contributed by atoms with E-state index in [-0.39, 0.29) is 24.0 Å². The normalized spacial score (nSPS) is 19.1. The van der Waals surface area contributed by atoms with Crippen LogP contribution in [-0.4, -0.2) is 72.8 Å². The molecule has 0 aliphatic carbocycles. The Morgan fingerprint density at radius 1 is 1.35 bits per heavy atom. The maximum absolute atomic E-state index is 10.3. The second-order valence-electron chi connectivity index (χ2n) is 6.84. The van der Waals surface area contributed by atoms with Crippen molar-refractivity contribution in [2.45, 2.75) is 45.3 Å². The van der Waals surface area contributed by atoms with Crippen LogP contribution < -0.4 is 5.32 Å². The van der Waals surface area contributed by atoms with Gasteiger partial charge in [-0.25, -0.2) is 0 Å². The standard InChI is InChI=1S/C20H34N4O.HI/c1-4-21-20(23(3)16-18-12-9-13-24(18)5-2)22-15-19(25)14-17-10-7-6-8-11-17;/h6-8,10-11,18-19,25H,4-5,9,12-16H2,1-3H3,(H,21,22);1H. The number of halogens is 1. The highest BCUT2D eigenvalue weighted by Gasteiger charge is 2.25. The Kier molecular flexibility index (Phi) is 11.2. The van der Waals surface area contributed by atoms with Gasteiger partial charge >= 0.3 is 0 Å². The van der Waals surface area contributed by atoms with Crippen LogP contribution in [0.2, 0.25) is 0 Å². The van der Waals surface area contributed by atoms with Crippen molar-refractivity contribution in [3.8, 4) is 0 Å². The molecule has 0 aromatic heterocycles. The van der Waals surface area contributed by atoms with Crippen LogP contribution in [0.1, 0.15) is 32.3 Å². The minimum Gasteiger partial charge on any atom is -0.391 e. The molecule has 0 radical (unpaired) electrons. The van der Waals surface area contributed by atoms with Crippen molar-refractivity contribution in [2.75, 3.05) is 39.8 Å². The Morgan fingerprint density at radius 2 is 2.08 bits per heavy atom. The Labute approximate surface area is 175 Å². The first-order valence-electron chi connectivity index (χ1n) is 9.59. The Hall–Kier alpha value is -0.860. The van der Waals surface area contributed by atoms with Gasteiger partial charge in [0, 0.05) is 32.6 Å². The molecule has 0 bridgehead atoms. The number of hydrogen-bond donors (Lipinski definition) is 2. The SMILES string of the molecule is CCNC(=NCC(O)Cc1ccccc1)N(C)CC1CCCN1CC.I. The number of likely N-dealkylation sites (tertiary alicyclic amines) is 1. The lowest BCUT2D eigenvalue weighted by Crippen LogP contribution is -2.46. The number of guanidine groups is 1. The molecule has 6 heteroatoms. The van der Waals surface area contributed by atoms with E-state index in [1.54, 1.807) is 0 Å². The molecule has 2 atom stereocenters. The number of hydrogen-bond acceptors (Lipinski definition) is 3. The van der Waals surface area contributed by atoms with E-state index in [1.165, 1.54) is 19.4 Å². The maximum Gasteiger partial charge on any atom is 0.193 e. The zero-order valence-corrected chi connectivity index (χ0v) is 18.7. The highest BCUT2D eigenvalue weighted by molar-refractivity contribution is 14.0. The summed E-state index contributed by atoms with van der Waals surface area (Å²) in [5.74, 6) is 0.887. The fraction of sp³-hybridized carbons (Fsp3) is 0.650. The van der Waals surface area contributed by atoms with E-state index in [0.29, 0.717) is 19.0 Å². The first-order chi connectivity index (χ1) is 12.1. The Bertz CT molecular complexity index is 526. The molecule has 1 saturated heterocycles. The third kappa shape index (κ3) is 7.40. The van der Waals surface area contributed by atoms with Crippen LogP contribution in [0, 0.1) is 0 Å². The summed E-state index contributed by atoms with van der Waals surface area (Å²) in [4.78, 5) is 9.42. The van der Waals surface area contributed by atoms with Crippen molar-refractivity contribution in [3.63, 3.8) is 0 Å². The first-order valence-corrected chi connectivity index (χ1v) is 9.59. The number of rotatable bonds is 8. The largest absolute Gasteiger partial charge is 0.391 e. The fourth-order valence-corrected chi connectivity index (χ4v) is 3.53. The Balaban J connectivity index is 0.00000338. The molecule has 26 heavy (non-hydrogen) atoms. The van der Waals surface area contributed by atoms with Crippen LogP contribution in [0.4, 0.5) is 0 Å². The van der Waals surface area contributed by atoms with E-state index in [9.17, 15) is 5.11 Å². The molecule has 5 nitrogen and oxygen atoms in total. The molecule has 0 saturated carbocycles. The second kappa shape index (κ2) is 12.5. The zero-order chi connectivity index (χ0) is 18.1. The highest BCUT2D eigenvalue weighted by Crippen LogP contribution is 2.17.